The molecule has 0 saturated carbocycles. The molecule has 0 saturated heterocycles. The van der Waals surface area contributed by atoms with Crippen molar-refractivity contribution >= 4 is 12.2 Å². The maximum absolute atomic E-state index is 12.1. The third-order valence-corrected chi connectivity index (χ3v) is 3.33. The van der Waals surface area contributed by atoms with Crippen LogP contribution in [0.25, 0.3) is 11.3 Å². The standard InChI is InChI=1S/C18H13N5O2/c19-10-15-16(13-6-2-1-3-7-13)21-18(22-17(15)25)23-20-11-12-5-4-8-14(24)9-12/h1-9,11,24H,(H2,21,22,23,25). The Labute approximate surface area is 142 Å². The van der Waals surface area contributed by atoms with Gasteiger partial charge in [0.15, 0.2) is 0 Å². The lowest BCUT2D eigenvalue weighted by molar-refractivity contribution is 0.475. The number of hydrogen-bond acceptors (Lipinski definition) is 6. The Morgan fingerprint density at radius 2 is 2.00 bits per heavy atom. The van der Waals surface area contributed by atoms with Crippen LogP contribution in [0.5, 0.6) is 5.75 Å². The van der Waals surface area contributed by atoms with Gasteiger partial charge in [0.1, 0.15) is 17.4 Å². The van der Waals surface area contributed by atoms with Gasteiger partial charge < -0.3 is 5.11 Å². The topological polar surface area (TPSA) is 114 Å². The van der Waals surface area contributed by atoms with Gasteiger partial charge in [-0.1, -0.05) is 42.5 Å². The maximum Gasteiger partial charge on any atom is 0.270 e. The van der Waals surface area contributed by atoms with E-state index in [-0.39, 0.29) is 23.0 Å². The highest BCUT2D eigenvalue weighted by molar-refractivity contribution is 5.80. The number of hydrazone groups is 1. The number of aromatic nitrogens is 2. The number of phenolic OH excluding ortho intramolecular Hbond substituents is 1. The van der Waals surface area contributed by atoms with Gasteiger partial charge >= 0.3 is 0 Å². The first kappa shape index (κ1) is 16.0. The third kappa shape index (κ3) is 3.71. The molecule has 0 radical (unpaired) electrons. The molecule has 0 amide bonds. The lowest BCUT2D eigenvalue weighted by Gasteiger charge is -2.05. The molecule has 0 aliphatic heterocycles. The first-order chi connectivity index (χ1) is 12.2. The highest BCUT2D eigenvalue weighted by Gasteiger charge is 2.12. The quantitative estimate of drug-likeness (QED) is 0.502. The summed E-state index contributed by atoms with van der Waals surface area (Å²) in [6, 6.07) is 17.4. The molecule has 0 aliphatic carbocycles. The first-order valence-corrected chi connectivity index (χ1v) is 7.35. The number of hydrogen-bond donors (Lipinski definition) is 3. The Hall–Kier alpha value is -3.92. The SMILES string of the molecule is N#Cc1c(-c2ccccc2)nc(NN=Cc2cccc(O)c2)[nH]c1=O. The minimum absolute atomic E-state index is 0.0614. The van der Waals surface area contributed by atoms with E-state index in [2.05, 4.69) is 20.5 Å². The van der Waals surface area contributed by atoms with E-state index in [1.54, 1.807) is 42.5 Å². The van der Waals surface area contributed by atoms with Crippen molar-refractivity contribution in [2.45, 2.75) is 0 Å². The van der Waals surface area contributed by atoms with E-state index < -0.39 is 5.56 Å². The predicted octanol–water partition coefficient (Wildman–Crippen LogP) is 2.46. The summed E-state index contributed by atoms with van der Waals surface area (Å²) in [5.74, 6) is 0.236. The van der Waals surface area contributed by atoms with Crippen LogP contribution in [0.15, 0.2) is 64.5 Å². The lowest BCUT2D eigenvalue weighted by atomic mass is 10.1. The predicted molar refractivity (Wildman–Crippen MR) is 94.3 cm³/mol. The number of rotatable bonds is 4. The van der Waals surface area contributed by atoms with Gasteiger partial charge in [0.05, 0.1) is 11.9 Å². The smallest absolute Gasteiger partial charge is 0.270 e. The molecule has 2 aromatic carbocycles. The van der Waals surface area contributed by atoms with Crippen LogP contribution < -0.4 is 11.0 Å². The molecule has 0 aliphatic rings. The summed E-state index contributed by atoms with van der Waals surface area (Å²) in [5, 5.41) is 22.6. The number of anilines is 1. The summed E-state index contributed by atoms with van der Waals surface area (Å²) in [6.07, 6.45) is 1.47. The van der Waals surface area contributed by atoms with Gasteiger partial charge in [0.25, 0.3) is 5.56 Å². The van der Waals surface area contributed by atoms with E-state index in [0.717, 1.165) is 0 Å². The fourth-order valence-corrected chi connectivity index (χ4v) is 2.21. The minimum Gasteiger partial charge on any atom is -0.508 e. The van der Waals surface area contributed by atoms with Crippen molar-refractivity contribution in [2.24, 2.45) is 5.10 Å². The van der Waals surface area contributed by atoms with Gasteiger partial charge in [-0.2, -0.15) is 10.4 Å². The summed E-state index contributed by atoms with van der Waals surface area (Å²) >= 11 is 0. The van der Waals surface area contributed by atoms with E-state index in [0.29, 0.717) is 11.1 Å². The first-order valence-electron chi connectivity index (χ1n) is 7.35. The fraction of sp³-hybridized carbons (Fsp3) is 0. The highest BCUT2D eigenvalue weighted by atomic mass is 16.3. The molecule has 0 atom stereocenters. The van der Waals surface area contributed by atoms with Crippen LogP contribution in [0.4, 0.5) is 5.95 Å². The third-order valence-electron chi connectivity index (χ3n) is 3.33. The van der Waals surface area contributed by atoms with Crippen molar-refractivity contribution in [2.75, 3.05) is 5.43 Å². The number of nitriles is 1. The number of benzene rings is 2. The highest BCUT2D eigenvalue weighted by Crippen LogP contribution is 2.19. The molecular weight excluding hydrogens is 318 g/mol. The van der Waals surface area contributed by atoms with E-state index in [4.69, 9.17) is 0 Å². The Morgan fingerprint density at radius 1 is 1.20 bits per heavy atom. The van der Waals surface area contributed by atoms with Crippen LogP contribution in [0.2, 0.25) is 0 Å². The van der Waals surface area contributed by atoms with Gasteiger partial charge in [-0.15, -0.1) is 0 Å². The molecule has 3 rings (SSSR count). The summed E-state index contributed by atoms with van der Waals surface area (Å²) in [4.78, 5) is 18.8. The van der Waals surface area contributed by atoms with Gasteiger partial charge in [-0.05, 0) is 17.7 Å². The van der Waals surface area contributed by atoms with E-state index in [1.807, 2.05) is 12.1 Å². The Morgan fingerprint density at radius 3 is 2.72 bits per heavy atom. The van der Waals surface area contributed by atoms with Crippen LogP contribution in [-0.4, -0.2) is 21.3 Å². The second-order valence-corrected chi connectivity index (χ2v) is 5.08. The molecule has 25 heavy (non-hydrogen) atoms. The average molecular weight is 331 g/mol. The molecule has 3 aromatic rings. The molecule has 0 spiro atoms. The maximum atomic E-state index is 12.1. The number of nitrogens with zero attached hydrogens (tertiary/aromatic N) is 3. The van der Waals surface area contributed by atoms with Crippen LogP contribution in [0, 0.1) is 11.3 Å². The number of H-pyrrole nitrogens is 1. The van der Waals surface area contributed by atoms with Crippen molar-refractivity contribution < 1.29 is 5.11 Å². The average Bonchev–Trinajstić information content (AvgIpc) is 2.62. The molecule has 0 bridgehead atoms. The Balaban J connectivity index is 1.92. The lowest BCUT2D eigenvalue weighted by Crippen LogP contribution is -2.16. The minimum atomic E-state index is -0.550. The summed E-state index contributed by atoms with van der Waals surface area (Å²) in [5.41, 5.74) is 3.63. The number of aromatic amines is 1. The largest absolute Gasteiger partial charge is 0.508 e. The van der Waals surface area contributed by atoms with E-state index >= 15 is 0 Å². The van der Waals surface area contributed by atoms with Gasteiger partial charge in [-0.25, -0.2) is 10.4 Å². The molecule has 0 unspecified atom stereocenters. The zero-order chi connectivity index (χ0) is 17.6. The van der Waals surface area contributed by atoms with Crippen LogP contribution >= 0.6 is 0 Å². The van der Waals surface area contributed by atoms with E-state index in [9.17, 15) is 15.2 Å². The second kappa shape index (κ2) is 7.10. The number of nitrogens with one attached hydrogen (secondary N) is 2. The molecular formula is C18H13N5O2. The fourth-order valence-electron chi connectivity index (χ4n) is 2.21. The molecule has 7 heteroatoms. The number of aromatic hydroxyl groups is 1. The summed E-state index contributed by atoms with van der Waals surface area (Å²) in [7, 11) is 0. The van der Waals surface area contributed by atoms with Crippen molar-refractivity contribution in [3.05, 3.63) is 76.1 Å². The van der Waals surface area contributed by atoms with Crippen molar-refractivity contribution in [1.29, 1.82) is 5.26 Å². The zero-order valence-electron chi connectivity index (χ0n) is 13.0. The van der Waals surface area contributed by atoms with E-state index in [1.165, 1.54) is 12.3 Å². The summed E-state index contributed by atoms with van der Waals surface area (Å²) in [6.45, 7) is 0. The summed E-state index contributed by atoms with van der Waals surface area (Å²) < 4.78 is 0. The second-order valence-electron chi connectivity index (χ2n) is 5.08. The van der Waals surface area contributed by atoms with Gasteiger partial charge in [0, 0.05) is 5.56 Å². The van der Waals surface area contributed by atoms with Crippen LogP contribution in [-0.2, 0) is 0 Å². The Bertz CT molecular complexity index is 1020. The van der Waals surface area contributed by atoms with Crippen molar-refractivity contribution in [1.82, 2.24) is 9.97 Å². The Kier molecular flexibility index (Phi) is 4.53. The van der Waals surface area contributed by atoms with Gasteiger partial charge in [-0.3, -0.25) is 9.78 Å². The van der Waals surface area contributed by atoms with Crippen molar-refractivity contribution in [3.63, 3.8) is 0 Å². The molecule has 7 nitrogen and oxygen atoms in total. The van der Waals surface area contributed by atoms with Crippen molar-refractivity contribution in [3.8, 4) is 23.1 Å². The molecule has 0 fully saturated rings. The molecule has 1 heterocycles. The molecule has 3 N–H and O–H groups in total. The number of phenols is 1. The normalized spacial score (nSPS) is 10.5. The molecule has 1 aromatic heterocycles. The van der Waals surface area contributed by atoms with Crippen LogP contribution in [0.1, 0.15) is 11.1 Å². The molecule has 122 valence electrons. The van der Waals surface area contributed by atoms with Gasteiger partial charge in [0.2, 0.25) is 5.95 Å². The monoisotopic (exact) mass is 331 g/mol. The van der Waals surface area contributed by atoms with Crippen LogP contribution in [0.3, 0.4) is 0 Å². The zero-order valence-corrected chi connectivity index (χ0v) is 13.0.